The Morgan fingerprint density at radius 2 is 1.64 bits per heavy atom. The lowest BCUT2D eigenvalue weighted by atomic mass is 9.85. The van der Waals surface area contributed by atoms with E-state index in [0.29, 0.717) is 41.5 Å². The van der Waals surface area contributed by atoms with Crippen molar-refractivity contribution in [2.24, 2.45) is 5.92 Å². The van der Waals surface area contributed by atoms with Crippen LogP contribution >= 0.6 is 0 Å². The minimum atomic E-state index is -1.19. The summed E-state index contributed by atoms with van der Waals surface area (Å²) in [5, 5.41) is 0. The number of Topliss-reactive ketones (excluding diaryl/α,β-unsaturated/α-hetero) is 2. The molecule has 1 heterocycles. The Morgan fingerprint density at radius 1 is 0.970 bits per heavy atom. The molecule has 0 bridgehead atoms. The number of ether oxygens (including phenoxy) is 3. The summed E-state index contributed by atoms with van der Waals surface area (Å²) < 4.78 is 16.2. The molecule has 2 aromatic rings. The second kappa shape index (κ2) is 10.0. The number of methoxy groups -OCH3 is 3. The minimum absolute atomic E-state index is 0.323. The van der Waals surface area contributed by atoms with Crippen LogP contribution in [0.4, 0.5) is 0 Å². The SMILES string of the molecule is COc1ccc(OC)c(C2C(C(=O)c3ccc(OC)c(C)c3)C(=O)C(=O)N2CC[NH+](C)C)c1. The third-order valence-corrected chi connectivity index (χ3v) is 5.98. The smallest absolute Gasteiger partial charge is 0.291 e. The Morgan fingerprint density at radius 3 is 2.21 bits per heavy atom. The van der Waals surface area contributed by atoms with Crippen LogP contribution in [0, 0.1) is 12.8 Å². The molecule has 1 N–H and O–H groups in total. The third-order valence-electron chi connectivity index (χ3n) is 5.98. The lowest BCUT2D eigenvalue weighted by molar-refractivity contribution is -0.857. The van der Waals surface area contributed by atoms with E-state index in [-0.39, 0.29) is 0 Å². The van der Waals surface area contributed by atoms with E-state index in [2.05, 4.69) is 0 Å². The Balaban J connectivity index is 2.14. The number of carbonyl (C=O) groups excluding carboxylic acids is 3. The summed E-state index contributed by atoms with van der Waals surface area (Å²) in [6.45, 7) is 2.76. The molecule has 2 atom stereocenters. The van der Waals surface area contributed by atoms with Crippen LogP contribution in [0.1, 0.15) is 27.5 Å². The molecule has 1 aliphatic heterocycles. The first-order valence-corrected chi connectivity index (χ1v) is 10.8. The number of hydrogen-bond donors (Lipinski definition) is 1. The van der Waals surface area contributed by atoms with Crippen molar-refractivity contribution in [2.75, 3.05) is 48.5 Å². The van der Waals surface area contributed by atoms with E-state index < -0.39 is 29.4 Å². The van der Waals surface area contributed by atoms with E-state index >= 15 is 0 Å². The molecular weight excluding hydrogens is 424 g/mol. The normalized spacial score (nSPS) is 18.1. The highest BCUT2D eigenvalue weighted by molar-refractivity contribution is 6.44. The van der Waals surface area contributed by atoms with Gasteiger partial charge in [-0.15, -0.1) is 0 Å². The maximum Gasteiger partial charge on any atom is 0.291 e. The van der Waals surface area contributed by atoms with Gasteiger partial charge in [-0.25, -0.2) is 0 Å². The van der Waals surface area contributed by atoms with Crippen LogP contribution < -0.4 is 19.1 Å². The molecule has 3 rings (SSSR count). The molecule has 0 aromatic heterocycles. The quantitative estimate of drug-likeness (QED) is 0.346. The maximum absolute atomic E-state index is 13.7. The van der Waals surface area contributed by atoms with Crippen molar-refractivity contribution in [2.45, 2.75) is 13.0 Å². The Labute approximate surface area is 194 Å². The Bertz CT molecular complexity index is 1060. The Hall–Kier alpha value is -3.39. The van der Waals surface area contributed by atoms with Crippen molar-refractivity contribution >= 4 is 17.5 Å². The molecule has 1 aliphatic rings. The van der Waals surface area contributed by atoms with Gasteiger partial charge in [0.15, 0.2) is 5.78 Å². The average molecular weight is 456 g/mol. The summed E-state index contributed by atoms with van der Waals surface area (Å²) in [5.41, 5.74) is 1.68. The number of nitrogens with one attached hydrogen (secondary N) is 1. The van der Waals surface area contributed by atoms with Gasteiger partial charge in [-0.05, 0) is 48.9 Å². The number of hydrogen-bond acceptors (Lipinski definition) is 6. The van der Waals surface area contributed by atoms with Crippen LogP contribution in [0.5, 0.6) is 17.2 Å². The molecule has 1 fully saturated rings. The van der Waals surface area contributed by atoms with E-state index in [1.807, 2.05) is 21.0 Å². The monoisotopic (exact) mass is 455 g/mol. The molecule has 0 radical (unpaired) electrons. The van der Waals surface area contributed by atoms with Gasteiger partial charge in [-0.2, -0.15) is 0 Å². The van der Waals surface area contributed by atoms with Gasteiger partial charge in [0.05, 0.1) is 54.6 Å². The highest BCUT2D eigenvalue weighted by Gasteiger charge is 2.52. The Kier molecular flexibility index (Phi) is 7.38. The van der Waals surface area contributed by atoms with Crippen molar-refractivity contribution in [1.82, 2.24) is 4.90 Å². The number of rotatable bonds is 9. The highest BCUT2D eigenvalue weighted by Crippen LogP contribution is 2.43. The lowest BCUT2D eigenvalue weighted by Gasteiger charge is -2.29. The van der Waals surface area contributed by atoms with Crippen molar-refractivity contribution < 1.29 is 33.5 Å². The molecule has 0 aliphatic carbocycles. The summed E-state index contributed by atoms with van der Waals surface area (Å²) in [6, 6.07) is 9.38. The minimum Gasteiger partial charge on any atom is -0.497 e. The standard InChI is InChI=1S/C25H30N2O6/c1-15-13-16(7-9-19(15)32-5)23(28)21-22(18-14-17(31-4)8-10-20(18)33-6)27(12-11-26(2)3)25(30)24(21)29/h7-10,13-14,21-22H,11-12H2,1-6H3/p+1. The predicted molar refractivity (Wildman–Crippen MR) is 122 cm³/mol. The molecule has 8 nitrogen and oxygen atoms in total. The van der Waals surface area contributed by atoms with E-state index in [4.69, 9.17) is 14.2 Å². The fraction of sp³-hybridized carbons (Fsp3) is 0.400. The van der Waals surface area contributed by atoms with Gasteiger partial charge in [0.2, 0.25) is 5.78 Å². The molecule has 1 saturated heterocycles. The van der Waals surface area contributed by atoms with Crippen LogP contribution in [-0.4, -0.2) is 70.9 Å². The first kappa shape index (κ1) is 24.3. The van der Waals surface area contributed by atoms with Crippen LogP contribution in [0.15, 0.2) is 36.4 Å². The zero-order valence-corrected chi connectivity index (χ0v) is 19.9. The first-order valence-electron chi connectivity index (χ1n) is 10.8. The number of quaternary nitrogens is 1. The van der Waals surface area contributed by atoms with E-state index in [0.717, 1.165) is 10.5 Å². The van der Waals surface area contributed by atoms with E-state index in [1.54, 1.807) is 43.5 Å². The van der Waals surface area contributed by atoms with Gasteiger partial charge in [-0.3, -0.25) is 14.4 Å². The zero-order chi connectivity index (χ0) is 24.3. The number of ketones is 2. The summed E-state index contributed by atoms with van der Waals surface area (Å²) >= 11 is 0. The van der Waals surface area contributed by atoms with E-state index in [9.17, 15) is 14.4 Å². The molecule has 8 heteroatoms. The van der Waals surface area contributed by atoms with Crippen LogP contribution in [-0.2, 0) is 9.59 Å². The number of likely N-dealkylation sites (tertiary alicyclic amines) is 1. The van der Waals surface area contributed by atoms with Gasteiger partial charge in [0, 0.05) is 11.1 Å². The summed E-state index contributed by atoms with van der Waals surface area (Å²) in [7, 11) is 8.53. The largest absolute Gasteiger partial charge is 0.497 e. The number of carbonyl (C=O) groups is 3. The van der Waals surface area contributed by atoms with Crippen LogP contribution in [0.3, 0.4) is 0 Å². The average Bonchev–Trinajstić information content (AvgIpc) is 3.06. The van der Waals surface area contributed by atoms with Gasteiger partial charge in [-0.1, -0.05) is 0 Å². The fourth-order valence-corrected chi connectivity index (χ4v) is 4.20. The molecule has 0 saturated carbocycles. The number of aryl methyl sites for hydroxylation is 1. The summed E-state index contributed by atoms with van der Waals surface area (Å²) in [6.07, 6.45) is 0. The van der Waals surface area contributed by atoms with Gasteiger partial charge in [0.25, 0.3) is 5.91 Å². The fourth-order valence-electron chi connectivity index (χ4n) is 4.20. The van der Waals surface area contributed by atoms with E-state index in [1.165, 1.54) is 19.1 Å². The molecule has 0 spiro atoms. The number of nitrogens with zero attached hydrogens (tertiary/aromatic N) is 1. The number of amides is 1. The van der Waals surface area contributed by atoms with Crippen LogP contribution in [0.2, 0.25) is 0 Å². The molecular formula is C25H31N2O6+. The summed E-state index contributed by atoms with van der Waals surface area (Å²) in [4.78, 5) is 42.6. The van der Waals surface area contributed by atoms with Crippen molar-refractivity contribution in [3.63, 3.8) is 0 Å². The third kappa shape index (κ3) is 4.71. The molecule has 33 heavy (non-hydrogen) atoms. The highest BCUT2D eigenvalue weighted by atomic mass is 16.5. The topological polar surface area (TPSA) is 86.6 Å². The van der Waals surface area contributed by atoms with Crippen LogP contribution in [0.25, 0.3) is 0 Å². The van der Waals surface area contributed by atoms with Crippen molar-refractivity contribution in [3.05, 3.63) is 53.1 Å². The lowest BCUT2D eigenvalue weighted by Crippen LogP contribution is -3.06. The second-order valence-electron chi connectivity index (χ2n) is 8.40. The van der Waals surface area contributed by atoms with Crippen molar-refractivity contribution in [1.29, 1.82) is 0 Å². The number of likely N-dealkylation sites (N-methyl/N-ethyl adjacent to an activating group) is 1. The second-order valence-corrected chi connectivity index (χ2v) is 8.40. The molecule has 2 aromatic carbocycles. The van der Waals surface area contributed by atoms with Gasteiger partial charge >= 0.3 is 0 Å². The predicted octanol–water partition coefficient (Wildman–Crippen LogP) is 1.12. The summed E-state index contributed by atoms with van der Waals surface area (Å²) in [5.74, 6) is -1.30. The molecule has 1 amide bonds. The zero-order valence-electron chi connectivity index (χ0n) is 19.9. The number of benzene rings is 2. The first-order chi connectivity index (χ1) is 15.7. The van der Waals surface area contributed by atoms with Gasteiger partial charge < -0.3 is 24.0 Å². The molecule has 176 valence electrons. The maximum atomic E-state index is 13.7. The van der Waals surface area contributed by atoms with Gasteiger partial charge in [0.1, 0.15) is 23.2 Å². The van der Waals surface area contributed by atoms with Crippen molar-refractivity contribution in [3.8, 4) is 17.2 Å². The molecule has 2 unspecified atom stereocenters.